The topological polar surface area (TPSA) is 125 Å². The number of hydrogen-bond donors (Lipinski definition) is 3. The molecule has 2 heterocycles. The van der Waals surface area contributed by atoms with E-state index in [0.29, 0.717) is 0 Å². The number of nitrogens with one attached hydrogen (secondary N) is 2. The van der Waals surface area contributed by atoms with E-state index in [9.17, 15) is 19.2 Å². The maximum atomic E-state index is 11.4. The number of carboxylic acids is 1. The Balaban J connectivity index is 1.89. The Labute approximate surface area is 119 Å². The van der Waals surface area contributed by atoms with E-state index in [1.807, 2.05) is 0 Å². The van der Waals surface area contributed by atoms with Crippen LogP contribution in [0.2, 0.25) is 0 Å². The van der Waals surface area contributed by atoms with E-state index in [1.165, 1.54) is 13.0 Å². The predicted molar refractivity (Wildman–Crippen MR) is 67.5 cm³/mol. The number of rotatable bonds is 5. The zero-order chi connectivity index (χ0) is 15.6. The van der Waals surface area contributed by atoms with Gasteiger partial charge in [-0.15, -0.1) is 0 Å². The minimum atomic E-state index is -1.18. The van der Waals surface area contributed by atoms with E-state index in [1.54, 1.807) is 0 Å². The molecule has 0 bridgehead atoms. The van der Waals surface area contributed by atoms with Gasteiger partial charge in [-0.25, -0.2) is 4.79 Å². The predicted octanol–water partition coefficient (Wildman–Crippen LogP) is -1.84. The van der Waals surface area contributed by atoms with E-state index in [0.717, 1.165) is 4.90 Å². The fourth-order valence-corrected chi connectivity index (χ4v) is 2.10. The third-order valence-electron chi connectivity index (χ3n) is 3.10. The summed E-state index contributed by atoms with van der Waals surface area (Å²) in [7, 11) is 0. The van der Waals surface area contributed by atoms with Crippen LogP contribution in [-0.2, 0) is 23.9 Å². The molecular formula is C12H15N3O6. The number of β-lactam (4-membered cyclic amide) rings is 1. The molecule has 0 radical (unpaired) electrons. The Bertz CT molecular complexity index is 529. The van der Waals surface area contributed by atoms with Crippen LogP contribution in [-0.4, -0.2) is 59.1 Å². The van der Waals surface area contributed by atoms with Crippen molar-refractivity contribution >= 4 is 23.7 Å². The van der Waals surface area contributed by atoms with Crippen LogP contribution in [0.25, 0.3) is 0 Å². The summed E-state index contributed by atoms with van der Waals surface area (Å²) in [5.41, 5.74) is 0. The number of carbonyl (C=O) groups is 4. The SMILES string of the molecule is CC(=O)NCC(=O)NC/C=C1\O[C@H]2CC(=O)N2[C@@H]1C(=O)O. The number of carboxylic acid groups (broad SMARTS) is 1. The number of aliphatic carboxylic acids is 1. The van der Waals surface area contributed by atoms with Crippen molar-refractivity contribution in [3.8, 4) is 0 Å². The zero-order valence-corrected chi connectivity index (χ0v) is 11.3. The monoisotopic (exact) mass is 297 g/mol. The summed E-state index contributed by atoms with van der Waals surface area (Å²) in [4.78, 5) is 45.7. The number of fused-ring (bicyclic) bond motifs is 1. The van der Waals surface area contributed by atoms with Crippen LogP contribution in [0, 0.1) is 0 Å². The van der Waals surface area contributed by atoms with E-state index < -0.39 is 24.1 Å². The van der Waals surface area contributed by atoms with Gasteiger partial charge < -0.3 is 20.5 Å². The highest BCUT2D eigenvalue weighted by atomic mass is 16.5. The molecule has 9 heteroatoms. The first kappa shape index (κ1) is 14.8. The van der Waals surface area contributed by atoms with Gasteiger partial charge in [0, 0.05) is 13.5 Å². The largest absolute Gasteiger partial charge is 0.479 e. The summed E-state index contributed by atoms with van der Waals surface area (Å²) in [6.45, 7) is 1.18. The van der Waals surface area contributed by atoms with Crippen molar-refractivity contribution in [2.45, 2.75) is 25.6 Å². The zero-order valence-electron chi connectivity index (χ0n) is 11.3. The highest BCUT2D eigenvalue weighted by molar-refractivity contribution is 5.91. The molecule has 0 aromatic heterocycles. The summed E-state index contributed by atoms with van der Waals surface area (Å²) in [6, 6.07) is -1.14. The molecule has 114 valence electrons. The minimum Gasteiger partial charge on any atom is -0.479 e. The quantitative estimate of drug-likeness (QED) is 0.512. The van der Waals surface area contributed by atoms with Crippen LogP contribution in [0.1, 0.15) is 13.3 Å². The molecule has 3 N–H and O–H groups in total. The molecule has 0 aliphatic carbocycles. The first-order valence-corrected chi connectivity index (χ1v) is 6.32. The van der Waals surface area contributed by atoms with Gasteiger partial charge in [-0.3, -0.25) is 19.3 Å². The smallest absolute Gasteiger partial charge is 0.334 e. The fourth-order valence-electron chi connectivity index (χ4n) is 2.10. The minimum absolute atomic E-state index is 0.0479. The van der Waals surface area contributed by atoms with Crippen molar-refractivity contribution < 1.29 is 29.0 Å². The molecule has 2 aliphatic rings. The third-order valence-corrected chi connectivity index (χ3v) is 3.10. The van der Waals surface area contributed by atoms with Gasteiger partial charge in [-0.2, -0.15) is 0 Å². The van der Waals surface area contributed by atoms with Gasteiger partial charge >= 0.3 is 5.97 Å². The van der Waals surface area contributed by atoms with E-state index in [4.69, 9.17) is 9.84 Å². The van der Waals surface area contributed by atoms with Crippen molar-refractivity contribution in [1.82, 2.24) is 15.5 Å². The highest BCUT2D eigenvalue weighted by Crippen LogP contribution is 2.36. The second kappa shape index (κ2) is 5.81. The number of ether oxygens (including phenoxy) is 1. The molecule has 3 amide bonds. The van der Waals surface area contributed by atoms with Gasteiger partial charge in [0.1, 0.15) is 5.76 Å². The lowest BCUT2D eigenvalue weighted by atomic mass is 10.1. The first-order chi connectivity index (χ1) is 9.90. The van der Waals surface area contributed by atoms with Crippen molar-refractivity contribution in [3.63, 3.8) is 0 Å². The first-order valence-electron chi connectivity index (χ1n) is 6.32. The lowest BCUT2D eigenvalue weighted by Crippen LogP contribution is -2.54. The summed E-state index contributed by atoms with van der Waals surface area (Å²) in [6.07, 6.45) is 1.05. The van der Waals surface area contributed by atoms with Gasteiger partial charge in [0.25, 0.3) is 0 Å². The van der Waals surface area contributed by atoms with Crippen molar-refractivity contribution in [3.05, 3.63) is 11.8 Å². The molecule has 0 unspecified atom stereocenters. The molecule has 2 aliphatic heterocycles. The fraction of sp³-hybridized carbons (Fsp3) is 0.500. The summed E-state index contributed by atoms with van der Waals surface area (Å²) < 4.78 is 5.35. The van der Waals surface area contributed by atoms with Crippen LogP contribution < -0.4 is 10.6 Å². The molecule has 0 saturated carbocycles. The average Bonchev–Trinajstić information content (AvgIpc) is 2.69. The molecule has 0 aromatic rings. The molecule has 2 fully saturated rings. The van der Waals surface area contributed by atoms with Gasteiger partial charge in [-0.1, -0.05) is 0 Å². The Hall–Kier alpha value is -2.58. The molecule has 21 heavy (non-hydrogen) atoms. The molecular weight excluding hydrogens is 282 g/mol. The molecule has 0 spiro atoms. The van der Waals surface area contributed by atoms with Crippen molar-refractivity contribution in [2.75, 3.05) is 13.1 Å². The summed E-state index contributed by atoms with van der Waals surface area (Å²) in [5.74, 6) is -2.05. The number of amides is 3. The second-order valence-electron chi connectivity index (χ2n) is 4.64. The van der Waals surface area contributed by atoms with Crippen molar-refractivity contribution in [2.24, 2.45) is 0 Å². The Morgan fingerprint density at radius 2 is 2.14 bits per heavy atom. The lowest BCUT2D eigenvalue weighted by molar-refractivity contribution is -0.163. The number of nitrogens with zero attached hydrogens (tertiary/aromatic N) is 1. The van der Waals surface area contributed by atoms with Gasteiger partial charge in [0.15, 0.2) is 12.3 Å². The van der Waals surface area contributed by atoms with E-state index in [-0.39, 0.29) is 37.1 Å². The van der Waals surface area contributed by atoms with Crippen LogP contribution >= 0.6 is 0 Å². The summed E-state index contributed by atoms with van der Waals surface area (Å²) in [5, 5.41) is 13.9. The maximum Gasteiger partial charge on any atom is 0.334 e. The van der Waals surface area contributed by atoms with Crippen molar-refractivity contribution in [1.29, 1.82) is 0 Å². The van der Waals surface area contributed by atoms with E-state index in [2.05, 4.69) is 10.6 Å². The lowest BCUT2D eigenvalue weighted by Gasteiger charge is -2.33. The number of carbonyl (C=O) groups excluding carboxylic acids is 3. The second-order valence-corrected chi connectivity index (χ2v) is 4.64. The van der Waals surface area contributed by atoms with Crippen LogP contribution in [0.4, 0.5) is 0 Å². The Morgan fingerprint density at radius 3 is 2.71 bits per heavy atom. The molecule has 9 nitrogen and oxygen atoms in total. The van der Waals surface area contributed by atoms with Gasteiger partial charge in [0.05, 0.1) is 13.0 Å². The third kappa shape index (κ3) is 3.12. The van der Waals surface area contributed by atoms with Gasteiger partial charge in [0.2, 0.25) is 17.7 Å². The normalized spacial score (nSPS) is 24.9. The number of hydrogen-bond acceptors (Lipinski definition) is 5. The molecule has 0 aromatic carbocycles. The van der Waals surface area contributed by atoms with Crippen LogP contribution in [0.5, 0.6) is 0 Å². The average molecular weight is 297 g/mol. The highest BCUT2D eigenvalue weighted by Gasteiger charge is 2.53. The maximum absolute atomic E-state index is 11.4. The molecule has 2 saturated heterocycles. The standard InChI is InChI=1S/C12H15N3O6/c1-6(16)14-5-8(17)13-3-2-7-11(12(19)20)15-9(18)4-10(15)21-7/h2,10-11H,3-5H2,1H3,(H,13,17)(H,14,16)(H,19,20)/b7-2-/t10-,11-/m0/s1. The van der Waals surface area contributed by atoms with Crippen LogP contribution in [0.15, 0.2) is 11.8 Å². The van der Waals surface area contributed by atoms with Crippen LogP contribution in [0.3, 0.4) is 0 Å². The van der Waals surface area contributed by atoms with Gasteiger partial charge in [-0.05, 0) is 6.08 Å². The Morgan fingerprint density at radius 1 is 1.43 bits per heavy atom. The molecule has 2 atom stereocenters. The molecule has 2 rings (SSSR count). The Kier molecular flexibility index (Phi) is 4.10. The van der Waals surface area contributed by atoms with E-state index >= 15 is 0 Å². The summed E-state index contributed by atoms with van der Waals surface area (Å²) >= 11 is 0.